The maximum atomic E-state index is 5.22. The van der Waals surface area contributed by atoms with Crippen LogP contribution in [-0.4, -0.2) is 16.9 Å². The number of benzene rings is 1. The molecule has 0 radical (unpaired) electrons. The van der Waals surface area contributed by atoms with Gasteiger partial charge in [0.25, 0.3) is 0 Å². The third kappa shape index (κ3) is 3.57. The summed E-state index contributed by atoms with van der Waals surface area (Å²) in [7, 11) is 0. The van der Waals surface area contributed by atoms with Gasteiger partial charge in [0.2, 0.25) is 0 Å². The molecule has 0 saturated carbocycles. The van der Waals surface area contributed by atoms with Crippen LogP contribution in [0.15, 0.2) is 17.2 Å². The second-order valence-electron chi connectivity index (χ2n) is 5.76. The molecule has 0 atom stereocenters. The monoisotopic (exact) mass is 289 g/mol. The van der Waals surface area contributed by atoms with Gasteiger partial charge in [0.15, 0.2) is 5.11 Å². The van der Waals surface area contributed by atoms with E-state index in [2.05, 4.69) is 55.7 Å². The molecule has 0 spiro atoms. The number of nitrogens with one attached hydrogen (secondary N) is 2. The molecule has 20 heavy (non-hydrogen) atoms. The standard InChI is InChI=1S/C16H23N3S/c1-10(2)17-16(20)19-18-15-7-5-6-13-12(4)8-11(3)9-14(13)15/h8-10H,5-7H2,1-4H3,(H2,17,19,20)/b18-15-. The first-order chi connectivity index (χ1) is 9.47. The number of hydrogen-bond acceptors (Lipinski definition) is 2. The summed E-state index contributed by atoms with van der Waals surface area (Å²) in [5, 5.41) is 8.25. The van der Waals surface area contributed by atoms with Crippen molar-refractivity contribution in [2.75, 3.05) is 0 Å². The highest BCUT2D eigenvalue weighted by Gasteiger charge is 2.17. The zero-order chi connectivity index (χ0) is 14.7. The van der Waals surface area contributed by atoms with Gasteiger partial charge in [0.05, 0.1) is 5.71 Å². The Balaban J connectivity index is 2.22. The van der Waals surface area contributed by atoms with Crippen LogP contribution in [0.2, 0.25) is 0 Å². The minimum atomic E-state index is 0.318. The van der Waals surface area contributed by atoms with E-state index < -0.39 is 0 Å². The molecular formula is C16H23N3S. The lowest BCUT2D eigenvalue weighted by Crippen LogP contribution is -2.37. The number of fused-ring (bicyclic) bond motifs is 1. The Morgan fingerprint density at radius 3 is 2.70 bits per heavy atom. The van der Waals surface area contributed by atoms with Gasteiger partial charge in [0.1, 0.15) is 0 Å². The average Bonchev–Trinajstić information content (AvgIpc) is 2.35. The Morgan fingerprint density at radius 1 is 1.25 bits per heavy atom. The van der Waals surface area contributed by atoms with Crippen LogP contribution >= 0.6 is 12.2 Å². The lowest BCUT2D eigenvalue weighted by Gasteiger charge is -2.21. The molecule has 0 amide bonds. The molecule has 4 heteroatoms. The molecule has 1 aliphatic carbocycles. The van der Waals surface area contributed by atoms with E-state index in [-0.39, 0.29) is 0 Å². The number of hydrazone groups is 1. The van der Waals surface area contributed by atoms with Crippen molar-refractivity contribution in [2.24, 2.45) is 5.10 Å². The van der Waals surface area contributed by atoms with Crippen LogP contribution in [0, 0.1) is 13.8 Å². The third-order valence-corrected chi connectivity index (χ3v) is 3.69. The van der Waals surface area contributed by atoms with Crippen molar-refractivity contribution in [2.45, 2.75) is 53.0 Å². The third-order valence-electron chi connectivity index (χ3n) is 3.48. The summed E-state index contributed by atoms with van der Waals surface area (Å²) in [6, 6.07) is 4.81. The van der Waals surface area contributed by atoms with E-state index in [1.54, 1.807) is 0 Å². The molecule has 0 aliphatic heterocycles. The molecule has 0 fully saturated rings. The van der Waals surface area contributed by atoms with Crippen molar-refractivity contribution >= 4 is 23.0 Å². The highest BCUT2D eigenvalue weighted by molar-refractivity contribution is 7.80. The Morgan fingerprint density at radius 2 is 2.00 bits per heavy atom. The average molecular weight is 289 g/mol. The summed E-state index contributed by atoms with van der Waals surface area (Å²) >= 11 is 5.22. The quantitative estimate of drug-likeness (QED) is 0.648. The van der Waals surface area contributed by atoms with Crippen molar-refractivity contribution in [1.29, 1.82) is 0 Å². The van der Waals surface area contributed by atoms with Crippen molar-refractivity contribution in [1.82, 2.24) is 10.7 Å². The second-order valence-corrected chi connectivity index (χ2v) is 6.17. The van der Waals surface area contributed by atoms with E-state index in [1.165, 1.54) is 22.3 Å². The van der Waals surface area contributed by atoms with Crippen LogP contribution in [0.5, 0.6) is 0 Å². The molecule has 2 N–H and O–H groups in total. The molecule has 2 rings (SSSR count). The smallest absolute Gasteiger partial charge is 0.187 e. The molecule has 108 valence electrons. The van der Waals surface area contributed by atoms with Gasteiger partial charge in [-0.15, -0.1) is 0 Å². The first-order valence-electron chi connectivity index (χ1n) is 7.21. The van der Waals surface area contributed by atoms with E-state index in [0.717, 1.165) is 25.0 Å². The first kappa shape index (κ1) is 15.0. The zero-order valence-corrected chi connectivity index (χ0v) is 13.5. The molecule has 0 heterocycles. The molecule has 1 aromatic rings. The zero-order valence-electron chi connectivity index (χ0n) is 12.7. The molecule has 1 aliphatic rings. The maximum absolute atomic E-state index is 5.22. The molecule has 3 nitrogen and oxygen atoms in total. The Kier molecular flexibility index (Phi) is 4.76. The Bertz CT molecular complexity index is 547. The van der Waals surface area contributed by atoms with Crippen LogP contribution in [0.25, 0.3) is 0 Å². The first-order valence-corrected chi connectivity index (χ1v) is 7.61. The number of hydrogen-bond donors (Lipinski definition) is 2. The summed E-state index contributed by atoms with van der Waals surface area (Å²) in [6.07, 6.45) is 3.31. The number of nitrogens with zero attached hydrogens (tertiary/aromatic N) is 1. The summed E-state index contributed by atoms with van der Waals surface area (Å²) in [6.45, 7) is 8.44. The van der Waals surface area contributed by atoms with Gasteiger partial charge in [0, 0.05) is 11.6 Å². The lowest BCUT2D eigenvalue weighted by molar-refractivity contribution is 0.718. The Hall–Kier alpha value is -1.42. The SMILES string of the molecule is Cc1cc(C)c2c(c1)/C(=N\NC(=S)NC(C)C)CCC2. The summed E-state index contributed by atoms with van der Waals surface area (Å²) in [5.41, 5.74) is 9.47. The van der Waals surface area contributed by atoms with Crippen LogP contribution in [0.3, 0.4) is 0 Å². The topological polar surface area (TPSA) is 36.4 Å². The van der Waals surface area contributed by atoms with E-state index >= 15 is 0 Å². The van der Waals surface area contributed by atoms with Crippen molar-refractivity contribution in [3.63, 3.8) is 0 Å². The molecular weight excluding hydrogens is 266 g/mol. The minimum Gasteiger partial charge on any atom is -0.359 e. The molecule has 0 aromatic heterocycles. The van der Waals surface area contributed by atoms with Crippen molar-refractivity contribution < 1.29 is 0 Å². The van der Waals surface area contributed by atoms with Gasteiger partial charge < -0.3 is 5.32 Å². The fraction of sp³-hybridized carbons (Fsp3) is 0.500. The van der Waals surface area contributed by atoms with Crippen LogP contribution in [0.4, 0.5) is 0 Å². The van der Waals surface area contributed by atoms with Gasteiger partial charge in [-0.05, 0) is 76.4 Å². The molecule has 0 saturated heterocycles. The highest BCUT2D eigenvalue weighted by atomic mass is 32.1. The second kappa shape index (κ2) is 6.35. The van der Waals surface area contributed by atoms with E-state index in [9.17, 15) is 0 Å². The van der Waals surface area contributed by atoms with Crippen LogP contribution in [0.1, 0.15) is 48.9 Å². The largest absolute Gasteiger partial charge is 0.359 e. The Labute approximate surface area is 126 Å². The summed E-state index contributed by atoms with van der Waals surface area (Å²) in [4.78, 5) is 0. The van der Waals surface area contributed by atoms with Crippen LogP contribution in [-0.2, 0) is 6.42 Å². The number of thiocarbonyl (C=S) groups is 1. The van der Waals surface area contributed by atoms with Crippen molar-refractivity contribution in [3.8, 4) is 0 Å². The summed E-state index contributed by atoms with van der Waals surface area (Å²) < 4.78 is 0. The molecule has 0 bridgehead atoms. The maximum Gasteiger partial charge on any atom is 0.187 e. The molecule has 0 unspecified atom stereocenters. The predicted molar refractivity (Wildman–Crippen MR) is 89.4 cm³/mol. The lowest BCUT2D eigenvalue weighted by atomic mass is 9.86. The minimum absolute atomic E-state index is 0.318. The predicted octanol–water partition coefficient (Wildman–Crippen LogP) is 3.22. The van der Waals surface area contributed by atoms with E-state index in [0.29, 0.717) is 11.2 Å². The van der Waals surface area contributed by atoms with Gasteiger partial charge >= 0.3 is 0 Å². The van der Waals surface area contributed by atoms with Crippen molar-refractivity contribution in [3.05, 3.63) is 34.4 Å². The number of aryl methyl sites for hydroxylation is 2. The van der Waals surface area contributed by atoms with Gasteiger partial charge in [-0.1, -0.05) is 11.6 Å². The summed E-state index contributed by atoms with van der Waals surface area (Å²) in [5.74, 6) is 0. The normalized spacial score (nSPS) is 16.1. The van der Waals surface area contributed by atoms with E-state index in [4.69, 9.17) is 12.2 Å². The fourth-order valence-electron chi connectivity index (χ4n) is 2.68. The van der Waals surface area contributed by atoms with E-state index in [1.807, 2.05) is 0 Å². The fourth-order valence-corrected chi connectivity index (χ4v) is 2.96. The van der Waals surface area contributed by atoms with Gasteiger partial charge in [-0.25, -0.2) is 0 Å². The number of rotatable bonds is 2. The van der Waals surface area contributed by atoms with Crippen LogP contribution < -0.4 is 10.7 Å². The molecule has 1 aromatic carbocycles. The highest BCUT2D eigenvalue weighted by Crippen LogP contribution is 2.26. The van der Waals surface area contributed by atoms with Gasteiger partial charge in [-0.3, -0.25) is 5.43 Å². The van der Waals surface area contributed by atoms with Gasteiger partial charge in [-0.2, -0.15) is 5.10 Å².